The van der Waals surface area contributed by atoms with Crippen molar-refractivity contribution in [1.29, 1.82) is 0 Å². The maximum Gasteiger partial charge on any atom is 0.123 e. The molecule has 0 unspecified atom stereocenters. The van der Waals surface area contributed by atoms with Crippen LogP contribution in [0.5, 0.6) is 11.5 Å². The fourth-order valence-corrected chi connectivity index (χ4v) is 2.24. The number of ether oxygens (including phenoxy) is 2. The summed E-state index contributed by atoms with van der Waals surface area (Å²) in [4.78, 5) is 0. The summed E-state index contributed by atoms with van der Waals surface area (Å²) in [6, 6.07) is 16.5. The van der Waals surface area contributed by atoms with Gasteiger partial charge in [0.2, 0.25) is 0 Å². The number of methoxy groups -OCH3 is 1. The second-order valence-electron chi connectivity index (χ2n) is 4.92. The maximum absolute atomic E-state index is 5.65. The molecule has 0 aliphatic heterocycles. The first-order valence-electron chi connectivity index (χ1n) is 7.32. The highest BCUT2D eigenvalue weighted by atomic mass is 16.5. The van der Waals surface area contributed by atoms with E-state index in [1.807, 2.05) is 37.3 Å². The highest BCUT2D eigenvalue weighted by molar-refractivity contribution is 5.34. The molecule has 0 aromatic heterocycles. The molecule has 1 atom stereocenters. The summed E-state index contributed by atoms with van der Waals surface area (Å²) < 4.78 is 10.9. The minimum Gasteiger partial charge on any atom is -0.497 e. The summed E-state index contributed by atoms with van der Waals surface area (Å²) in [5.41, 5.74) is 2.39. The summed E-state index contributed by atoms with van der Waals surface area (Å²) in [6.07, 6.45) is 0. The van der Waals surface area contributed by atoms with Crippen LogP contribution in [0.2, 0.25) is 0 Å². The average Bonchev–Trinajstić information content (AvgIpc) is 2.54. The van der Waals surface area contributed by atoms with Crippen LogP contribution >= 0.6 is 0 Å². The van der Waals surface area contributed by atoms with Gasteiger partial charge in [-0.05, 0) is 37.6 Å². The Kier molecular flexibility index (Phi) is 5.64. The van der Waals surface area contributed by atoms with Crippen LogP contribution in [0.3, 0.4) is 0 Å². The van der Waals surface area contributed by atoms with E-state index in [-0.39, 0.29) is 6.04 Å². The molecule has 0 spiro atoms. The van der Waals surface area contributed by atoms with E-state index < -0.39 is 0 Å². The van der Waals surface area contributed by atoms with E-state index in [0.29, 0.717) is 6.61 Å². The SMILES string of the molecule is CCOc1ccccc1CN[C@@H](C)c1cccc(OC)c1. The first-order valence-corrected chi connectivity index (χ1v) is 7.32. The molecule has 0 radical (unpaired) electrons. The van der Waals surface area contributed by atoms with E-state index >= 15 is 0 Å². The van der Waals surface area contributed by atoms with Crippen LogP contribution in [0.1, 0.15) is 31.0 Å². The van der Waals surface area contributed by atoms with Crippen molar-refractivity contribution in [2.75, 3.05) is 13.7 Å². The van der Waals surface area contributed by atoms with Gasteiger partial charge in [0, 0.05) is 18.2 Å². The van der Waals surface area contributed by atoms with E-state index in [1.54, 1.807) is 7.11 Å². The fourth-order valence-electron chi connectivity index (χ4n) is 2.24. The standard InChI is InChI=1S/C18H23NO2/c1-4-21-18-11-6-5-8-16(18)13-19-14(2)15-9-7-10-17(12-15)20-3/h5-12,14,19H,4,13H2,1-3H3/t14-/m0/s1. The van der Waals surface area contributed by atoms with Crippen molar-refractivity contribution in [3.05, 3.63) is 59.7 Å². The topological polar surface area (TPSA) is 30.5 Å². The summed E-state index contributed by atoms with van der Waals surface area (Å²) >= 11 is 0. The van der Waals surface area contributed by atoms with Gasteiger partial charge in [-0.1, -0.05) is 30.3 Å². The normalized spacial score (nSPS) is 12.0. The zero-order chi connectivity index (χ0) is 15.1. The first kappa shape index (κ1) is 15.4. The third-order valence-corrected chi connectivity index (χ3v) is 3.46. The molecule has 0 fully saturated rings. The molecule has 0 saturated carbocycles. The van der Waals surface area contributed by atoms with Crippen LogP contribution in [0.4, 0.5) is 0 Å². The van der Waals surface area contributed by atoms with Gasteiger partial charge in [0.1, 0.15) is 11.5 Å². The van der Waals surface area contributed by atoms with Crippen LogP contribution in [0.25, 0.3) is 0 Å². The molecule has 0 amide bonds. The van der Waals surface area contributed by atoms with Crippen molar-refractivity contribution >= 4 is 0 Å². The zero-order valence-corrected chi connectivity index (χ0v) is 12.9. The number of hydrogen-bond donors (Lipinski definition) is 1. The minimum atomic E-state index is 0.245. The van der Waals surface area contributed by atoms with Crippen LogP contribution < -0.4 is 14.8 Å². The predicted octanol–water partition coefficient (Wildman–Crippen LogP) is 3.94. The monoisotopic (exact) mass is 285 g/mol. The van der Waals surface area contributed by atoms with Crippen molar-refractivity contribution in [1.82, 2.24) is 5.32 Å². The van der Waals surface area contributed by atoms with Crippen molar-refractivity contribution < 1.29 is 9.47 Å². The molecule has 0 saturated heterocycles. The Morgan fingerprint density at radius 1 is 1.10 bits per heavy atom. The zero-order valence-electron chi connectivity index (χ0n) is 12.9. The Labute approximate surface area is 126 Å². The Morgan fingerprint density at radius 3 is 2.67 bits per heavy atom. The molecular weight excluding hydrogens is 262 g/mol. The fraction of sp³-hybridized carbons (Fsp3) is 0.333. The van der Waals surface area contributed by atoms with Gasteiger partial charge in [-0.25, -0.2) is 0 Å². The third-order valence-electron chi connectivity index (χ3n) is 3.46. The lowest BCUT2D eigenvalue weighted by Gasteiger charge is -2.17. The summed E-state index contributed by atoms with van der Waals surface area (Å²) in [5, 5.41) is 3.53. The molecule has 3 nitrogen and oxygen atoms in total. The maximum atomic E-state index is 5.65. The largest absolute Gasteiger partial charge is 0.497 e. The lowest BCUT2D eigenvalue weighted by molar-refractivity contribution is 0.335. The summed E-state index contributed by atoms with van der Waals surface area (Å²) in [5.74, 6) is 1.83. The van der Waals surface area contributed by atoms with E-state index in [0.717, 1.165) is 18.0 Å². The summed E-state index contributed by atoms with van der Waals surface area (Å²) in [7, 11) is 1.69. The number of nitrogens with one attached hydrogen (secondary N) is 1. The quantitative estimate of drug-likeness (QED) is 0.835. The number of rotatable bonds is 7. The molecule has 21 heavy (non-hydrogen) atoms. The number of benzene rings is 2. The van der Waals surface area contributed by atoms with Crippen LogP contribution in [-0.2, 0) is 6.54 Å². The predicted molar refractivity (Wildman–Crippen MR) is 85.9 cm³/mol. The van der Waals surface area contributed by atoms with Crippen molar-refractivity contribution in [2.24, 2.45) is 0 Å². The number of para-hydroxylation sites is 1. The molecule has 3 heteroatoms. The second-order valence-corrected chi connectivity index (χ2v) is 4.92. The lowest BCUT2D eigenvalue weighted by atomic mass is 10.1. The summed E-state index contributed by atoms with van der Waals surface area (Å²) in [6.45, 7) is 5.61. The van der Waals surface area contributed by atoms with Crippen LogP contribution in [0.15, 0.2) is 48.5 Å². The van der Waals surface area contributed by atoms with Gasteiger partial charge >= 0.3 is 0 Å². The molecule has 2 rings (SSSR count). The first-order chi connectivity index (χ1) is 10.2. The Hall–Kier alpha value is -2.00. The lowest BCUT2D eigenvalue weighted by Crippen LogP contribution is -2.18. The molecule has 0 aliphatic carbocycles. The average molecular weight is 285 g/mol. The molecule has 0 bridgehead atoms. The molecule has 112 valence electrons. The van der Waals surface area contributed by atoms with E-state index in [2.05, 4.69) is 30.4 Å². The van der Waals surface area contributed by atoms with Gasteiger partial charge in [0.15, 0.2) is 0 Å². The minimum absolute atomic E-state index is 0.245. The van der Waals surface area contributed by atoms with Crippen molar-refractivity contribution in [2.45, 2.75) is 26.4 Å². The van der Waals surface area contributed by atoms with Crippen molar-refractivity contribution in [3.63, 3.8) is 0 Å². The Bertz CT molecular complexity index is 569. The van der Waals surface area contributed by atoms with E-state index in [1.165, 1.54) is 11.1 Å². The van der Waals surface area contributed by atoms with Gasteiger partial charge < -0.3 is 14.8 Å². The van der Waals surface area contributed by atoms with Crippen molar-refractivity contribution in [3.8, 4) is 11.5 Å². The van der Waals surface area contributed by atoms with Gasteiger partial charge in [0.05, 0.1) is 13.7 Å². The molecule has 1 N–H and O–H groups in total. The van der Waals surface area contributed by atoms with Gasteiger partial charge in [-0.2, -0.15) is 0 Å². The molecule has 0 aliphatic rings. The Morgan fingerprint density at radius 2 is 1.90 bits per heavy atom. The van der Waals surface area contributed by atoms with Crippen LogP contribution in [0, 0.1) is 0 Å². The van der Waals surface area contributed by atoms with E-state index in [4.69, 9.17) is 9.47 Å². The molecule has 2 aromatic rings. The smallest absolute Gasteiger partial charge is 0.123 e. The second kappa shape index (κ2) is 7.70. The molecular formula is C18H23NO2. The van der Waals surface area contributed by atoms with Crippen LogP contribution in [-0.4, -0.2) is 13.7 Å². The van der Waals surface area contributed by atoms with Gasteiger partial charge in [-0.3, -0.25) is 0 Å². The molecule has 2 aromatic carbocycles. The highest BCUT2D eigenvalue weighted by Gasteiger charge is 2.08. The number of hydrogen-bond acceptors (Lipinski definition) is 3. The van der Waals surface area contributed by atoms with Gasteiger partial charge in [-0.15, -0.1) is 0 Å². The van der Waals surface area contributed by atoms with E-state index in [9.17, 15) is 0 Å². The highest BCUT2D eigenvalue weighted by Crippen LogP contribution is 2.21. The van der Waals surface area contributed by atoms with Gasteiger partial charge in [0.25, 0.3) is 0 Å². The molecule has 0 heterocycles. The third kappa shape index (κ3) is 4.23. The Balaban J connectivity index is 2.02.